The molecule has 1 aliphatic carbocycles. The lowest BCUT2D eigenvalue weighted by Gasteiger charge is -2.50. The molecule has 0 radical (unpaired) electrons. The number of piperidine rings is 1. The molecule has 3 amide bonds. The normalized spacial score (nSPS) is 21.3. The number of carbonyl (C=O) groups excluding carboxylic acids is 2. The van der Waals surface area contributed by atoms with Crippen LogP contribution in [0.2, 0.25) is 0 Å². The van der Waals surface area contributed by atoms with Crippen LogP contribution in [0.25, 0.3) is 10.9 Å². The van der Waals surface area contributed by atoms with Crippen LogP contribution in [0.5, 0.6) is 5.75 Å². The summed E-state index contributed by atoms with van der Waals surface area (Å²) in [6, 6.07) is 5.78. The van der Waals surface area contributed by atoms with Gasteiger partial charge in [0.05, 0.1) is 25.3 Å². The van der Waals surface area contributed by atoms with Crippen LogP contribution < -0.4 is 10.1 Å². The molecule has 0 unspecified atom stereocenters. The van der Waals surface area contributed by atoms with Gasteiger partial charge in [-0.15, -0.1) is 0 Å². The lowest BCUT2D eigenvalue weighted by atomic mass is 9.68. The molecular formula is C27H38N4O4. The fourth-order valence-corrected chi connectivity index (χ4v) is 6.20. The van der Waals surface area contributed by atoms with Gasteiger partial charge in [-0.2, -0.15) is 0 Å². The Balaban J connectivity index is 1.57. The summed E-state index contributed by atoms with van der Waals surface area (Å²) < 4.78 is 7.65. The van der Waals surface area contributed by atoms with E-state index < -0.39 is 0 Å². The highest BCUT2D eigenvalue weighted by atomic mass is 16.5. The molecule has 8 heteroatoms. The van der Waals surface area contributed by atoms with Gasteiger partial charge in [0.1, 0.15) is 5.75 Å². The maximum Gasteiger partial charge on any atom is 0.317 e. The van der Waals surface area contributed by atoms with E-state index in [1.54, 1.807) is 7.11 Å². The van der Waals surface area contributed by atoms with Crippen LogP contribution in [0.15, 0.2) is 18.2 Å². The minimum Gasteiger partial charge on any atom is -0.497 e. The fourth-order valence-electron chi connectivity index (χ4n) is 6.20. The number of urea groups is 1. The summed E-state index contributed by atoms with van der Waals surface area (Å²) >= 11 is 0. The average Bonchev–Trinajstić information content (AvgIpc) is 3.65. The Hall–Kier alpha value is -2.74. The lowest BCUT2D eigenvalue weighted by molar-refractivity contribution is -0.137. The molecular weight excluding hydrogens is 444 g/mol. The molecule has 2 aromatic rings. The van der Waals surface area contributed by atoms with Crippen LogP contribution in [0.3, 0.4) is 0 Å². The first-order chi connectivity index (χ1) is 16.9. The van der Waals surface area contributed by atoms with Crippen LogP contribution >= 0.6 is 0 Å². The Morgan fingerprint density at radius 2 is 1.97 bits per heavy atom. The van der Waals surface area contributed by atoms with Crippen molar-refractivity contribution in [3.05, 3.63) is 29.5 Å². The number of fused-ring (bicyclic) bond motifs is 4. The van der Waals surface area contributed by atoms with Gasteiger partial charge in [-0.05, 0) is 55.7 Å². The van der Waals surface area contributed by atoms with Crippen molar-refractivity contribution in [2.24, 2.45) is 13.0 Å². The van der Waals surface area contributed by atoms with Gasteiger partial charge in [0.2, 0.25) is 5.91 Å². The van der Waals surface area contributed by atoms with E-state index in [4.69, 9.17) is 4.74 Å². The van der Waals surface area contributed by atoms with Crippen molar-refractivity contribution in [1.82, 2.24) is 19.7 Å². The second-order valence-electron chi connectivity index (χ2n) is 10.6. The maximum absolute atomic E-state index is 13.5. The number of likely N-dealkylation sites (tertiary alicyclic amines) is 1. The van der Waals surface area contributed by atoms with Crippen LogP contribution in [0.1, 0.15) is 62.7 Å². The average molecular weight is 483 g/mol. The zero-order chi connectivity index (χ0) is 24.7. The van der Waals surface area contributed by atoms with E-state index in [0.29, 0.717) is 38.5 Å². The van der Waals surface area contributed by atoms with Crippen LogP contribution in [-0.2, 0) is 17.3 Å². The Kier molecular flexibility index (Phi) is 6.42. The van der Waals surface area contributed by atoms with E-state index in [2.05, 4.69) is 22.9 Å². The maximum atomic E-state index is 13.5. The molecule has 1 aromatic carbocycles. The number of aliphatic hydroxyl groups is 1. The SMILES string of the molecule is CCCNC(=O)N1CCC2(CC1)CN(C(=O)CC1CC1)[C@@H](CO)c1c2c2ccc(OC)cc2n1C. The zero-order valence-corrected chi connectivity index (χ0v) is 21.2. The number of nitrogens with zero attached hydrogens (tertiary/aromatic N) is 3. The summed E-state index contributed by atoms with van der Waals surface area (Å²) in [6.45, 7) is 4.51. The van der Waals surface area contributed by atoms with Crippen LogP contribution in [-0.4, -0.2) is 71.3 Å². The van der Waals surface area contributed by atoms with E-state index in [1.807, 2.05) is 29.0 Å². The molecule has 2 N–H and O–H groups in total. The van der Waals surface area contributed by atoms with Gasteiger partial charge in [-0.25, -0.2) is 4.79 Å². The molecule has 190 valence electrons. The van der Waals surface area contributed by atoms with Gasteiger partial charge < -0.3 is 29.5 Å². The number of hydrogen-bond acceptors (Lipinski definition) is 4. The predicted molar refractivity (Wildman–Crippen MR) is 135 cm³/mol. The van der Waals surface area contributed by atoms with Crippen LogP contribution in [0.4, 0.5) is 4.79 Å². The molecule has 1 atom stereocenters. The second-order valence-corrected chi connectivity index (χ2v) is 10.6. The third-order valence-corrected chi connectivity index (χ3v) is 8.34. The first-order valence-electron chi connectivity index (χ1n) is 13.0. The molecule has 3 aliphatic rings. The molecule has 0 bridgehead atoms. The number of aryl methyl sites for hydroxylation is 1. The Bertz CT molecular complexity index is 1110. The lowest BCUT2D eigenvalue weighted by Crippen LogP contribution is -2.57. The van der Waals surface area contributed by atoms with Crippen molar-refractivity contribution in [2.45, 2.75) is 56.9 Å². The topological polar surface area (TPSA) is 87.0 Å². The van der Waals surface area contributed by atoms with Crippen molar-refractivity contribution >= 4 is 22.8 Å². The first kappa shape index (κ1) is 24.0. The van der Waals surface area contributed by atoms with Gasteiger partial charge >= 0.3 is 6.03 Å². The Morgan fingerprint density at radius 1 is 1.23 bits per heavy atom. The van der Waals surface area contributed by atoms with Crippen LogP contribution in [0, 0.1) is 5.92 Å². The largest absolute Gasteiger partial charge is 0.497 e. The predicted octanol–water partition coefficient (Wildman–Crippen LogP) is 3.32. The number of amides is 3. The van der Waals surface area contributed by atoms with Gasteiger partial charge in [-0.3, -0.25) is 4.79 Å². The molecule has 1 saturated heterocycles. The summed E-state index contributed by atoms with van der Waals surface area (Å²) in [6.07, 6.45) is 5.29. The smallest absolute Gasteiger partial charge is 0.317 e. The van der Waals surface area contributed by atoms with Crippen molar-refractivity contribution < 1.29 is 19.4 Å². The third-order valence-electron chi connectivity index (χ3n) is 8.34. The molecule has 8 nitrogen and oxygen atoms in total. The van der Waals surface area contributed by atoms with Gasteiger partial charge in [0.25, 0.3) is 0 Å². The van der Waals surface area contributed by atoms with E-state index in [1.165, 1.54) is 5.56 Å². The molecule has 2 fully saturated rings. The van der Waals surface area contributed by atoms with Crippen molar-refractivity contribution in [1.29, 1.82) is 0 Å². The zero-order valence-electron chi connectivity index (χ0n) is 21.2. The highest BCUT2D eigenvalue weighted by molar-refractivity contribution is 5.90. The Morgan fingerprint density at radius 3 is 2.60 bits per heavy atom. The highest BCUT2D eigenvalue weighted by Gasteiger charge is 2.50. The summed E-state index contributed by atoms with van der Waals surface area (Å²) in [5.74, 6) is 1.41. The third kappa shape index (κ3) is 4.15. The van der Waals surface area contributed by atoms with Gasteiger partial charge in [0.15, 0.2) is 0 Å². The summed E-state index contributed by atoms with van der Waals surface area (Å²) in [5, 5.41) is 14.7. The van der Waals surface area contributed by atoms with E-state index in [0.717, 1.165) is 54.5 Å². The summed E-state index contributed by atoms with van der Waals surface area (Å²) in [5.41, 5.74) is 3.05. The number of carbonyl (C=O) groups is 2. The quantitative estimate of drug-likeness (QED) is 0.661. The van der Waals surface area contributed by atoms with Gasteiger partial charge in [0, 0.05) is 62.2 Å². The molecule has 35 heavy (non-hydrogen) atoms. The number of aromatic nitrogens is 1. The Labute approximate surface area is 207 Å². The van der Waals surface area contributed by atoms with Crippen molar-refractivity contribution in [2.75, 3.05) is 39.9 Å². The second kappa shape index (κ2) is 9.37. The number of methoxy groups -OCH3 is 1. The number of hydrogen-bond donors (Lipinski definition) is 2. The van der Waals surface area contributed by atoms with Crippen molar-refractivity contribution in [3.8, 4) is 5.75 Å². The summed E-state index contributed by atoms with van der Waals surface area (Å²) in [4.78, 5) is 30.0. The molecule has 1 aromatic heterocycles. The number of nitrogens with one attached hydrogen (secondary N) is 1. The molecule has 2 aliphatic heterocycles. The first-order valence-corrected chi connectivity index (χ1v) is 13.0. The molecule has 5 rings (SSSR count). The van der Waals surface area contributed by atoms with Crippen molar-refractivity contribution in [3.63, 3.8) is 0 Å². The monoisotopic (exact) mass is 482 g/mol. The number of rotatable bonds is 6. The number of benzene rings is 1. The molecule has 3 heterocycles. The molecule has 1 spiro atoms. The minimum atomic E-state index is -0.365. The number of aliphatic hydroxyl groups excluding tert-OH is 1. The highest BCUT2D eigenvalue weighted by Crippen LogP contribution is 2.50. The summed E-state index contributed by atoms with van der Waals surface area (Å²) in [7, 11) is 3.69. The van der Waals surface area contributed by atoms with E-state index in [-0.39, 0.29) is 30.0 Å². The molecule has 1 saturated carbocycles. The van der Waals surface area contributed by atoms with Gasteiger partial charge in [-0.1, -0.05) is 6.92 Å². The van der Waals surface area contributed by atoms with E-state index >= 15 is 0 Å². The standard InChI is InChI=1S/C27H38N4O4/c1-4-11-28-26(34)30-12-9-27(10-13-30)17-31(23(33)14-18-5-6-18)22(16-32)25-24(27)20-8-7-19(35-3)15-21(20)29(25)2/h7-8,15,18,22,32H,4-6,9-14,16-17H2,1-3H3,(H,28,34)/t22-/m0/s1. The minimum absolute atomic E-state index is 0.00436. The fraction of sp³-hybridized carbons (Fsp3) is 0.630. The van der Waals surface area contributed by atoms with E-state index in [9.17, 15) is 14.7 Å². The number of ether oxygens (including phenoxy) is 1.